The number of carbonyl (C=O) groups is 4. The summed E-state index contributed by atoms with van der Waals surface area (Å²) in [7, 11) is 0. The van der Waals surface area contributed by atoms with Crippen molar-refractivity contribution >= 4 is 29.5 Å². The molecule has 3 atom stereocenters. The molecule has 0 spiro atoms. The topological polar surface area (TPSA) is 131 Å². The Labute approximate surface area is 244 Å². The van der Waals surface area contributed by atoms with Crippen LogP contribution in [0.15, 0.2) is 36.4 Å². The van der Waals surface area contributed by atoms with Crippen molar-refractivity contribution in [3.63, 3.8) is 0 Å². The average Bonchev–Trinajstić information content (AvgIpc) is 2.84. The maximum absolute atomic E-state index is 14.4. The Kier molecular flexibility index (Phi) is 11.5. The van der Waals surface area contributed by atoms with Crippen molar-refractivity contribution < 1.29 is 23.9 Å². The fraction of sp³-hybridized carbons (Fsp3) is 0.500. The average molecular weight is 567 g/mol. The molecule has 2 rings (SSSR count). The Morgan fingerprint density at radius 2 is 1.54 bits per heavy atom. The molecule has 0 aliphatic carbocycles. The van der Waals surface area contributed by atoms with Gasteiger partial charge in [0, 0.05) is 18.2 Å². The van der Waals surface area contributed by atoms with Crippen LogP contribution in [0, 0.1) is 27.7 Å². The van der Waals surface area contributed by atoms with Gasteiger partial charge in [-0.2, -0.15) is 0 Å². The number of benzene rings is 2. The molecule has 0 fully saturated rings. The summed E-state index contributed by atoms with van der Waals surface area (Å²) in [5.41, 5.74) is 9.61. The third-order valence-corrected chi connectivity index (χ3v) is 6.80. The van der Waals surface area contributed by atoms with Gasteiger partial charge in [-0.25, -0.2) is 4.79 Å². The lowest BCUT2D eigenvalue weighted by molar-refractivity contribution is -0.143. The van der Waals surface area contributed by atoms with Crippen LogP contribution in [0.4, 0.5) is 10.5 Å². The Morgan fingerprint density at radius 3 is 2.02 bits per heavy atom. The first-order valence-corrected chi connectivity index (χ1v) is 14.1. The van der Waals surface area contributed by atoms with Crippen molar-refractivity contribution in [1.82, 2.24) is 10.2 Å². The lowest BCUT2D eigenvalue weighted by Crippen LogP contribution is -2.55. The fourth-order valence-corrected chi connectivity index (χ4v) is 4.78. The highest BCUT2D eigenvalue weighted by Gasteiger charge is 2.39. The van der Waals surface area contributed by atoms with Crippen LogP contribution in [0.2, 0.25) is 0 Å². The molecule has 224 valence electrons. The summed E-state index contributed by atoms with van der Waals surface area (Å²) in [5, 5.41) is 5.70. The summed E-state index contributed by atoms with van der Waals surface area (Å²) in [6, 6.07) is 8.97. The van der Waals surface area contributed by atoms with Crippen molar-refractivity contribution in [2.45, 2.75) is 105 Å². The van der Waals surface area contributed by atoms with Gasteiger partial charge < -0.3 is 26.0 Å². The fourth-order valence-electron chi connectivity index (χ4n) is 4.78. The second-order valence-electron chi connectivity index (χ2n) is 11.8. The third kappa shape index (κ3) is 9.62. The molecule has 9 heteroatoms. The maximum Gasteiger partial charge on any atom is 0.408 e. The summed E-state index contributed by atoms with van der Waals surface area (Å²) in [4.78, 5) is 54.5. The third-order valence-electron chi connectivity index (χ3n) is 6.80. The SMILES string of the molecule is CCC(C)N(C(=O)C(CCC(N)=O)NC(=O)OC(C)(C)C)C(C(=O)Nc1c(C)cccc1C)c1cc(C)cc(C)c1. The van der Waals surface area contributed by atoms with Crippen LogP contribution in [0.1, 0.15) is 87.7 Å². The molecule has 41 heavy (non-hydrogen) atoms. The molecule has 0 aromatic heterocycles. The van der Waals surface area contributed by atoms with E-state index in [1.54, 1.807) is 20.8 Å². The molecular weight excluding hydrogens is 520 g/mol. The van der Waals surface area contributed by atoms with Crippen LogP contribution >= 0.6 is 0 Å². The quantitative estimate of drug-likeness (QED) is 0.336. The number of carbonyl (C=O) groups excluding carboxylic acids is 4. The van der Waals surface area contributed by atoms with Crippen molar-refractivity contribution in [3.05, 3.63) is 64.2 Å². The van der Waals surface area contributed by atoms with Crippen LogP contribution in [-0.4, -0.2) is 46.4 Å². The predicted molar refractivity (Wildman–Crippen MR) is 161 cm³/mol. The van der Waals surface area contributed by atoms with E-state index in [0.717, 1.165) is 22.3 Å². The highest BCUT2D eigenvalue weighted by atomic mass is 16.6. The Bertz CT molecular complexity index is 1230. The zero-order valence-electron chi connectivity index (χ0n) is 25.9. The van der Waals surface area contributed by atoms with Crippen molar-refractivity contribution in [1.29, 1.82) is 0 Å². The van der Waals surface area contributed by atoms with Gasteiger partial charge >= 0.3 is 6.09 Å². The number of alkyl carbamates (subject to hydrolysis) is 1. The molecule has 4 amide bonds. The van der Waals surface area contributed by atoms with E-state index in [0.29, 0.717) is 17.7 Å². The lowest BCUT2D eigenvalue weighted by atomic mass is 9.95. The Hall–Kier alpha value is -3.88. The highest BCUT2D eigenvalue weighted by molar-refractivity contribution is 6.00. The molecular formula is C32H46N4O5. The van der Waals surface area contributed by atoms with Crippen LogP contribution in [-0.2, 0) is 19.1 Å². The number of primary amides is 1. The summed E-state index contributed by atoms with van der Waals surface area (Å²) in [5.74, 6) is -1.50. The monoisotopic (exact) mass is 566 g/mol. The van der Waals surface area contributed by atoms with Gasteiger partial charge in [-0.05, 0) is 84.9 Å². The van der Waals surface area contributed by atoms with Gasteiger partial charge in [-0.15, -0.1) is 0 Å². The predicted octanol–water partition coefficient (Wildman–Crippen LogP) is 5.39. The van der Waals surface area contributed by atoms with Gasteiger partial charge in [0.25, 0.3) is 5.91 Å². The van der Waals surface area contributed by atoms with Gasteiger partial charge in [-0.3, -0.25) is 14.4 Å². The first-order chi connectivity index (χ1) is 19.0. The molecule has 0 radical (unpaired) electrons. The van der Waals surface area contributed by atoms with E-state index in [4.69, 9.17) is 10.5 Å². The number of ether oxygens (including phenoxy) is 1. The number of nitrogens with zero attached hydrogens (tertiary/aromatic N) is 1. The molecule has 0 heterocycles. The summed E-state index contributed by atoms with van der Waals surface area (Å²) in [6.45, 7) is 16.6. The van der Waals surface area contributed by atoms with Crippen molar-refractivity contribution in [3.8, 4) is 0 Å². The van der Waals surface area contributed by atoms with Gasteiger partial charge in [0.2, 0.25) is 11.8 Å². The number of hydrogen-bond acceptors (Lipinski definition) is 5. The zero-order chi connectivity index (χ0) is 31.1. The number of amides is 4. The molecule has 0 saturated heterocycles. The lowest BCUT2D eigenvalue weighted by Gasteiger charge is -2.38. The van der Waals surface area contributed by atoms with E-state index < -0.39 is 41.6 Å². The normalized spacial score (nSPS) is 13.5. The number of nitrogens with one attached hydrogen (secondary N) is 2. The summed E-state index contributed by atoms with van der Waals surface area (Å²) >= 11 is 0. The smallest absolute Gasteiger partial charge is 0.408 e. The minimum atomic E-state index is -1.15. The molecule has 2 aromatic rings. The number of para-hydroxylation sites is 1. The highest BCUT2D eigenvalue weighted by Crippen LogP contribution is 2.30. The molecule has 0 saturated carbocycles. The van der Waals surface area contributed by atoms with E-state index in [-0.39, 0.29) is 18.7 Å². The Balaban J connectivity index is 2.66. The molecule has 2 aromatic carbocycles. The summed E-state index contributed by atoms with van der Waals surface area (Å²) < 4.78 is 5.40. The minimum absolute atomic E-state index is 0.0432. The largest absolute Gasteiger partial charge is 0.444 e. The van der Waals surface area contributed by atoms with Gasteiger partial charge in [0.05, 0.1) is 0 Å². The van der Waals surface area contributed by atoms with Crippen LogP contribution < -0.4 is 16.4 Å². The summed E-state index contributed by atoms with van der Waals surface area (Å²) in [6.07, 6.45) is -0.437. The standard InChI is InChI=1S/C32H46N4O5/c1-10-23(6)36(30(39)25(14-15-26(33)37)34-31(40)41-32(7,8)9)28(24-17-19(2)16-20(3)18-24)29(38)35-27-21(4)12-11-13-22(27)5/h11-13,16-18,23,25,28H,10,14-15H2,1-9H3,(H2,33,37)(H,34,40)(H,35,38). The second kappa shape index (κ2) is 14.1. The second-order valence-corrected chi connectivity index (χ2v) is 11.8. The number of aryl methyl sites for hydroxylation is 4. The molecule has 0 bridgehead atoms. The van der Waals surface area contributed by atoms with E-state index in [9.17, 15) is 19.2 Å². The van der Waals surface area contributed by atoms with Crippen LogP contribution in [0.25, 0.3) is 0 Å². The molecule has 0 aliphatic rings. The van der Waals surface area contributed by atoms with Gasteiger partial charge in [0.1, 0.15) is 17.7 Å². The van der Waals surface area contributed by atoms with Gasteiger partial charge in [0.15, 0.2) is 0 Å². The molecule has 9 nitrogen and oxygen atoms in total. The van der Waals surface area contributed by atoms with E-state index in [2.05, 4.69) is 10.6 Å². The van der Waals surface area contributed by atoms with Crippen molar-refractivity contribution in [2.24, 2.45) is 5.73 Å². The number of rotatable bonds is 11. The number of anilines is 1. The maximum atomic E-state index is 14.4. The van der Waals surface area contributed by atoms with Crippen molar-refractivity contribution in [2.75, 3.05) is 5.32 Å². The van der Waals surface area contributed by atoms with E-state index in [1.165, 1.54) is 4.90 Å². The molecule has 0 aliphatic heterocycles. The number of hydrogen-bond donors (Lipinski definition) is 3. The first kappa shape index (κ1) is 33.3. The number of nitrogens with two attached hydrogens (primary N) is 1. The molecule has 4 N–H and O–H groups in total. The van der Waals surface area contributed by atoms with Crippen LogP contribution in [0.3, 0.4) is 0 Å². The van der Waals surface area contributed by atoms with Gasteiger partial charge in [-0.1, -0.05) is 54.4 Å². The minimum Gasteiger partial charge on any atom is -0.444 e. The van der Waals surface area contributed by atoms with E-state index in [1.807, 2.05) is 77.9 Å². The van der Waals surface area contributed by atoms with Crippen LogP contribution in [0.5, 0.6) is 0 Å². The Morgan fingerprint density at radius 1 is 0.976 bits per heavy atom. The molecule has 3 unspecified atom stereocenters. The zero-order valence-corrected chi connectivity index (χ0v) is 25.9. The van der Waals surface area contributed by atoms with E-state index >= 15 is 0 Å². The first-order valence-electron chi connectivity index (χ1n) is 14.1.